The quantitative estimate of drug-likeness (QED) is 0.140. The van der Waals surface area contributed by atoms with Crippen LogP contribution >= 0.6 is 0 Å². The van der Waals surface area contributed by atoms with E-state index < -0.39 is 47.2 Å². The van der Waals surface area contributed by atoms with Crippen molar-refractivity contribution in [1.29, 1.82) is 0 Å². The van der Waals surface area contributed by atoms with Crippen molar-refractivity contribution in [2.45, 2.75) is 104 Å². The second-order valence-corrected chi connectivity index (χ2v) is 19.3. The number of likely N-dealkylation sites (N-methyl/N-ethyl adjacent to an activating group) is 1. The molecule has 2 saturated heterocycles. The zero-order valence-electron chi connectivity index (χ0n) is 39.8. The minimum Gasteiger partial charge on any atom is -0.508 e. The summed E-state index contributed by atoms with van der Waals surface area (Å²) in [5, 5.41) is 16.7. The van der Waals surface area contributed by atoms with Gasteiger partial charge in [0.05, 0.1) is 36.3 Å². The predicted octanol–water partition coefficient (Wildman–Crippen LogP) is 5.31. The maximum Gasteiger partial charge on any atom is 0.324 e. The molecule has 16 heteroatoms. The number of aryl methyl sites for hydroxylation is 2. The number of ether oxygens (including phenoxy) is 2. The number of aromatic nitrogens is 3. The molecule has 0 unspecified atom stereocenters. The Morgan fingerprint density at radius 2 is 1.86 bits per heavy atom. The van der Waals surface area contributed by atoms with Crippen LogP contribution in [0.25, 0.3) is 33.4 Å². The molecule has 3 aliphatic heterocycles. The number of esters is 1. The average Bonchev–Trinajstić information content (AvgIpc) is 4.02. The molecule has 5 heterocycles. The number of benzene rings is 2. The fourth-order valence-electron chi connectivity index (χ4n) is 10.1. The smallest absolute Gasteiger partial charge is 0.324 e. The van der Waals surface area contributed by atoms with Gasteiger partial charge in [-0.2, -0.15) is 0 Å². The van der Waals surface area contributed by atoms with Crippen LogP contribution in [0, 0.1) is 17.3 Å². The molecule has 7 rings (SSSR count). The van der Waals surface area contributed by atoms with Crippen molar-refractivity contribution in [1.82, 2.24) is 39.7 Å². The van der Waals surface area contributed by atoms with E-state index in [4.69, 9.17) is 14.5 Å². The molecule has 6 bridgehead atoms. The average molecular weight is 907 g/mol. The van der Waals surface area contributed by atoms with Gasteiger partial charge in [0.2, 0.25) is 17.7 Å². The van der Waals surface area contributed by atoms with E-state index in [0.29, 0.717) is 49.9 Å². The molecular weight excluding hydrogens is 841 g/mol. The van der Waals surface area contributed by atoms with Gasteiger partial charge in [-0.1, -0.05) is 46.4 Å². The number of imidazole rings is 1. The van der Waals surface area contributed by atoms with Crippen molar-refractivity contribution < 1.29 is 38.6 Å². The van der Waals surface area contributed by atoms with Gasteiger partial charge in [-0.15, -0.1) is 0 Å². The van der Waals surface area contributed by atoms with Gasteiger partial charge in [-0.3, -0.25) is 29.0 Å². The van der Waals surface area contributed by atoms with Crippen LogP contribution in [0.4, 0.5) is 0 Å². The van der Waals surface area contributed by atoms with Gasteiger partial charge in [0.25, 0.3) is 5.91 Å². The highest BCUT2D eigenvalue weighted by Gasteiger charge is 2.40. The van der Waals surface area contributed by atoms with E-state index >= 15 is 0 Å². The molecule has 2 aromatic carbocycles. The molecule has 3 N–H and O–H groups in total. The number of nitrogens with zero attached hydrogens (tertiary/aromatic N) is 6. The van der Waals surface area contributed by atoms with Crippen LogP contribution in [0.2, 0.25) is 0 Å². The van der Waals surface area contributed by atoms with E-state index in [9.17, 15) is 29.1 Å². The largest absolute Gasteiger partial charge is 0.508 e. The molecule has 16 nitrogen and oxygen atoms in total. The van der Waals surface area contributed by atoms with Crippen LogP contribution in [-0.2, 0) is 59.9 Å². The third-order valence-electron chi connectivity index (χ3n) is 13.5. The molecule has 2 fully saturated rings. The second kappa shape index (κ2) is 19.5. The van der Waals surface area contributed by atoms with E-state index in [1.165, 1.54) is 16.0 Å². The molecule has 5 atom stereocenters. The highest BCUT2D eigenvalue weighted by molar-refractivity contribution is 5.96. The first-order valence-corrected chi connectivity index (χ1v) is 23.1. The van der Waals surface area contributed by atoms with E-state index in [2.05, 4.69) is 54.8 Å². The van der Waals surface area contributed by atoms with E-state index in [0.717, 1.165) is 39.1 Å². The predicted molar refractivity (Wildman–Crippen MR) is 251 cm³/mol. The normalized spacial score (nSPS) is 21.0. The Labute approximate surface area is 387 Å². The summed E-state index contributed by atoms with van der Waals surface area (Å²) in [5.74, 6) is -2.87. The number of carbonyl (C=O) groups is 5. The van der Waals surface area contributed by atoms with Crippen molar-refractivity contribution in [2.24, 2.45) is 24.3 Å². The number of likely N-dealkylation sites (tertiary alicyclic amines) is 1. The Kier molecular flexibility index (Phi) is 14.1. The lowest BCUT2D eigenvalue weighted by Crippen LogP contribution is -2.62. The SMILES string of the molecule is C=CC(=O)N1CC[C@H](C(=O)N(C)[C@H](C(=O)N[C@H]2Cc3cc(O)cc(c3)-c3ccc4c(c3)c(c(-c3ncn(C)c3[C@H](C)OC)n4CC)CC(C)(C)COC(=O)[C@@H]3CCCN(N3)C2=O)C(C)C)C1. The monoisotopic (exact) mass is 907 g/mol. The number of cyclic esters (lactones) is 1. The van der Waals surface area contributed by atoms with Gasteiger partial charge < -0.3 is 38.8 Å². The summed E-state index contributed by atoms with van der Waals surface area (Å²) in [4.78, 5) is 77.3. The number of nitrogens with one attached hydrogen (secondary N) is 2. The number of rotatable bonds is 10. The number of phenols is 1. The first kappa shape index (κ1) is 47.9. The molecule has 354 valence electrons. The number of carbonyl (C=O) groups excluding carboxylic acids is 5. The zero-order valence-corrected chi connectivity index (χ0v) is 39.8. The maximum atomic E-state index is 14.7. The molecule has 0 radical (unpaired) electrons. The summed E-state index contributed by atoms with van der Waals surface area (Å²) >= 11 is 0. The molecular formula is C50H66N8O8. The Morgan fingerprint density at radius 1 is 1.11 bits per heavy atom. The van der Waals surface area contributed by atoms with Crippen molar-refractivity contribution in [3.05, 3.63) is 72.2 Å². The highest BCUT2D eigenvalue weighted by atomic mass is 16.5. The minimum atomic E-state index is -1.17. The van der Waals surface area contributed by atoms with Crippen molar-refractivity contribution >= 4 is 40.5 Å². The highest BCUT2D eigenvalue weighted by Crippen LogP contribution is 2.42. The number of hydrazine groups is 1. The van der Waals surface area contributed by atoms with Crippen LogP contribution in [0.1, 0.15) is 83.7 Å². The topological polar surface area (TPSA) is 181 Å². The van der Waals surface area contributed by atoms with Gasteiger partial charge >= 0.3 is 5.97 Å². The number of fused-ring (bicyclic) bond motifs is 6. The summed E-state index contributed by atoms with van der Waals surface area (Å²) < 4.78 is 16.2. The Bertz CT molecular complexity index is 2520. The molecule has 0 spiro atoms. The lowest BCUT2D eigenvalue weighted by atomic mass is 9.84. The standard InChI is InChI=1S/C50H66N8O8/c1-11-41(60)56-19-17-33(26-56)47(62)55(9)43(29(3)4)46(61)52-39-22-31-20-34(23-35(59)21-31)32-15-16-40-36(24-32)37(45(57(40)12-2)42-44(30(5)65-10)54(8)28-51-42)25-50(6,7)27-66-49(64)38-14-13-18-58(53-38)48(39)63/h11,15-16,20-21,23-24,28-30,33,38-39,43,53,59H,1,12-14,17-19,22,25-27H2,2-10H3,(H,52,61)/t30-,33-,38-,39-,43-/m0/s1. The lowest BCUT2D eigenvalue weighted by Gasteiger charge is -2.37. The fraction of sp³-hybridized carbons (Fsp3) is 0.520. The van der Waals surface area contributed by atoms with Gasteiger partial charge in [0, 0.05) is 70.1 Å². The van der Waals surface area contributed by atoms with Crippen molar-refractivity contribution in [2.75, 3.05) is 40.4 Å². The summed E-state index contributed by atoms with van der Waals surface area (Å²) in [7, 11) is 5.22. The third-order valence-corrected chi connectivity index (χ3v) is 13.5. The van der Waals surface area contributed by atoms with E-state index in [-0.39, 0.29) is 55.7 Å². The van der Waals surface area contributed by atoms with Crippen molar-refractivity contribution in [3.8, 4) is 28.3 Å². The van der Waals surface area contributed by atoms with Gasteiger partial charge in [-0.25, -0.2) is 10.4 Å². The van der Waals surface area contributed by atoms with Crippen LogP contribution in [-0.4, -0.2) is 122 Å². The number of aromatic hydroxyl groups is 1. The fourth-order valence-corrected chi connectivity index (χ4v) is 10.1. The zero-order chi connectivity index (χ0) is 47.8. The van der Waals surface area contributed by atoms with Gasteiger partial charge in [0.1, 0.15) is 29.6 Å². The van der Waals surface area contributed by atoms with Crippen LogP contribution in [0.5, 0.6) is 5.75 Å². The second-order valence-electron chi connectivity index (χ2n) is 19.3. The molecule has 2 aromatic heterocycles. The number of hydrogen-bond acceptors (Lipinski definition) is 10. The maximum absolute atomic E-state index is 14.7. The molecule has 4 aromatic rings. The summed E-state index contributed by atoms with van der Waals surface area (Å²) in [6, 6.07) is 8.47. The molecule has 4 amide bonds. The Hall–Kier alpha value is -6.00. The summed E-state index contributed by atoms with van der Waals surface area (Å²) in [6.45, 7) is 17.1. The lowest BCUT2D eigenvalue weighted by molar-refractivity contribution is -0.155. The Balaban J connectivity index is 1.31. The first-order valence-electron chi connectivity index (χ1n) is 23.1. The van der Waals surface area contributed by atoms with Gasteiger partial charge in [-0.05, 0) is 98.0 Å². The molecule has 66 heavy (non-hydrogen) atoms. The number of hydrogen-bond donors (Lipinski definition) is 3. The van der Waals surface area contributed by atoms with Crippen LogP contribution < -0.4 is 10.7 Å². The van der Waals surface area contributed by atoms with Gasteiger partial charge in [0.15, 0.2) is 0 Å². The number of phenolic OH excluding ortho intramolecular Hbond substituents is 1. The summed E-state index contributed by atoms with van der Waals surface area (Å²) in [5.41, 5.74) is 9.40. The first-order chi connectivity index (χ1) is 31.4. The molecule has 0 saturated carbocycles. The third kappa shape index (κ3) is 9.61. The van der Waals surface area contributed by atoms with Crippen LogP contribution in [0.3, 0.4) is 0 Å². The summed E-state index contributed by atoms with van der Waals surface area (Å²) in [6.07, 6.45) is 4.69. The molecule has 0 aliphatic carbocycles. The molecule has 3 aliphatic rings. The van der Waals surface area contributed by atoms with Crippen LogP contribution in [0.15, 0.2) is 55.4 Å². The minimum absolute atomic E-state index is 0.0127. The number of methoxy groups -OCH3 is 1. The van der Waals surface area contributed by atoms with E-state index in [1.807, 2.05) is 44.5 Å². The number of amides is 4. The van der Waals surface area contributed by atoms with Crippen molar-refractivity contribution in [3.63, 3.8) is 0 Å². The van der Waals surface area contributed by atoms with E-state index in [1.54, 1.807) is 37.5 Å². The Morgan fingerprint density at radius 3 is 2.56 bits per heavy atom.